The standard InChI is InChI=1S/C17H23Cl2FN2O2/c1-17(2,3)24-16(23)22-9-4-5-11(8-10-22)21-13-7-6-12(18)14(19)15(13)20/h6-7,11,21H,4-5,8-10H2,1-3H3. The Balaban J connectivity index is 1.96. The number of hydrogen-bond acceptors (Lipinski definition) is 3. The fourth-order valence-electron chi connectivity index (χ4n) is 2.61. The molecule has 1 amide bonds. The molecule has 1 fully saturated rings. The summed E-state index contributed by atoms with van der Waals surface area (Å²) in [4.78, 5) is 13.9. The van der Waals surface area contributed by atoms with Gasteiger partial charge >= 0.3 is 6.09 Å². The van der Waals surface area contributed by atoms with Gasteiger partial charge in [-0.2, -0.15) is 0 Å². The summed E-state index contributed by atoms with van der Waals surface area (Å²) in [6.07, 6.45) is 2.06. The van der Waals surface area contributed by atoms with E-state index in [-0.39, 0.29) is 22.2 Å². The normalized spacial score (nSPS) is 18.9. The molecule has 1 atom stereocenters. The lowest BCUT2D eigenvalue weighted by molar-refractivity contribution is 0.0256. The van der Waals surface area contributed by atoms with E-state index in [1.165, 1.54) is 0 Å². The molecule has 1 unspecified atom stereocenters. The van der Waals surface area contributed by atoms with Gasteiger partial charge in [0.2, 0.25) is 0 Å². The van der Waals surface area contributed by atoms with Gasteiger partial charge in [-0.3, -0.25) is 0 Å². The van der Waals surface area contributed by atoms with Crippen LogP contribution in [0.3, 0.4) is 0 Å². The highest BCUT2D eigenvalue weighted by molar-refractivity contribution is 6.42. The van der Waals surface area contributed by atoms with E-state index in [2.05, 4.69) is 5.32 Å². The summed E-state index contributed by atoms with van der Waals surface area (Å²) in [5.41, 5.74) is -0.176. The van der Waals surface area contributed by atoms with Crippen molar-refractivity contribution in [2.75, 3.05) is 18.4 Å². The second-order valence-electron chi connectivity index (χ2n) is 6.96. The first-order valence-corrected chi connectivity index (χ1v) is 8.81. The molecule has 1 heterocycles. The molecule has 7 heteroatoms. The van der Waals surface area contributed by atoms with Crippen LogP contribution in [0.15, 0.2) is 12.1 Å². The van der Waals surface area contributed by atoms with Gasteiger partial charge in [0.15, 0.2) is 5.82 Å². The molecule has 4 nitrogen and oxygen atoms in total. The van der Waals surface area contributed by atoms with E-state index >= 15 is 0 Å². The lowest BCUT2D eigenvalue weighted by atomic mass is 10.1. The van der Waals surface area contributed by atoms with E-state index in [0.717, 1.165) is 12.8 Å². The molecule has 0 aromatic heterocycles. The molecule has 1 aliphatic rings. The van der Waals surface area contributed by atoms with Gasteiger partial charge in [0.1, 0.15) is 5.60 Å². The number of benzene rings is 1. The number of carbonyl (C=O) groups is 1. The van der Waals surface area contributed by atoms with Crippen LogP contribution in [-0.4, -0.2) is 35.7 Å². The maximum absolute atomic E-state index is 14.1. The monoisotopic (exact) mass is 376 g/mol. The highest BCUT2D eigenvalue weighted by Crippen LogP contribution is 2.31. The van der Waals surface area contributed by atoms with Gasteiger partial charge in [-0.1, -0.05) is 23.2 Å². The number of ether oxygens (including phenoxy) is 1. The molecule has 0 spiro atoms. The number of nitrogens with zero attached hydrogens (tertiary/aromatic N) is 1. The van der Waals surface area contributed by atoms with Crippen LogP contribution in [0.4, 0.5) is 14.9 Å². The molecule has 0 radical (unpaired) electrons. The van der Waals surface area contributed by atoms with Crippen molar-refractivity contribution < 1.29 is 13.9 Å². The smallest absolute Gasteiger partial charge is 0.410 e. The Morgan fingerprint density at radius 1 is 1.29 bits per heavy atom. The SMILES string of the molecule is CC(C)(C)OC(=O)N1CCCC(Nc2ccc(Cl)c(Cl)c2F)CC1. The first kappa shape index (κ1) is 19.1. The summed E-state index contributed by atoms with van der Waals surface area (Å²) in [5.74, 6) is -0.544. The van der Waals surface area contributed by atoms with Gasteiger partial charge in [0.25, 0.3) is 0 Å². The van der Waals surface area contributed by atoms with Crippen molar-refractivity contribution in [3.63, 3.8) is 0 Å². The number of nitrogens with one attached hydrogen (secondary N) is 1. The maximum Gasteiger partial charge on any atom is 0.410 e. The third kappa shape index (κ3) is 5.15. The van der Waals surface area contributed by atoms with Crippen LogP contribution >= 0.6 is 23.2 Å². The third-order valence-corrected chi connectivity index (χ3v) is 4.56. The van der Waals surface area contributed by atoms with Crippen molar-refractivity contribution in [3.8, 4) is 0 Å². The largest absolute Gasteiger partial charge is 0.444 e. The Bertz CT molecular complexity index is 605. The number of rotatable bonds is 2. The van der Waals surface area contributed by atoms with Gasteiger partial charge in [-0.15, -0.1) is 0 Å². The highest BCUT2D eigenvalue weighted by atomic mass is 35.5. The molecule has 1 saturated heterocycles. The predicted octanol–water partition coefficient (Wildman–Crippen LogP) is 5.33. The van der Waals surface area contributed by atoms with Gasteiger partial charge in [-0.05, 0) is 52.2 Å². The summed E-state index contributed by atoms with van der Waals surface area (Å²) in [5, 5.41) is 3.28. The summed E-state index contributed by atoms with van der Waals surface area (Å²) in [7, 11) is 0. The Labute approximate surface area is 152 Å². The lowest BCUT2D eigenvalue weighted by Gasteiger charge is -2.26. The Morgan fingerprint density at radius 3 is 2.67 bits per heavy atom. The van der Waals surface area contributed by atoms with E-state index in [4.69, 9.17) is 27.9 Å². The number of carbonyl (C=O) groups excluding carboxylic acids is 1. The number of likely N-dealkylation sites (tertiary alicyclic amines) is 1. The van der Waals surface area contributed by atoms with E-state index in [0.29, 0.717) is 25.2 Å². The minimum absolute atomic E-state index is 0.0594. The topological polar surface area (TPSA) is 41.6 Å². The average Bonchev–Trinajstić information content (AvgIpc) is 2.72. The first-order chi connectivity index (χ1) is 11.2. The summed E-state index contributed by atoms with van der Waals surface area (Å²) < 4.78 is 19.6. The van der Waals surface area contributed by atoms with Gasteiger partial charge < -0.3 is 15.0 Å². The molecule has 134 valence electrons. The third-order valence-electron chi connectivity index (χ3n) is 3.77. The number of hydrogen-bond donors (Lipinski definition) is 1. The summed E-state index contributed by atoms with van der Waals surface area (Å²) >= 11 is 11.6. The molecule has 1 N–H and O–H groups in total. The number of amides is 1. The van der Waals surface area contributed by atoms with E-state index in [1.807, 2.05) is 20.8 Å². The van der Waals surface area contributed by atoms with E-state index in [9.17, 15) is 9.18 Å². The fourth-order valence-corrected chi connectivity index (χ4v) is 2.92. The van der Waals surface area contributed by atoms with Crippen molar-refractivity contribution in [3.05, 3.63) is 28.0 Å². The fraction of sp³-hybridized carbons (Fsp3) is 0.588. The molecule has 24 heavy (non-hydrogen) atoms. The van der Waals surface area contributed by atoms with Gasteiger partial charge in [0, 0.05) is 19.1 Å². The molecule has 1 aromatic rings. The van der Waals surface area contributed by atoms with Crippen molar-refractivity contribution in [2.45, 2.75) is 51.7 Å². The van der Waals surface area contributed by atoms with Crippen LogP contribution in [0.25, 0.3) is 0 Å². The summed E-state index contributed by atoms with van der Waals surface area (Å²) in [6.45, 7) is 6.74. The van der Waals surface area contributed by atoms with Crippen LogP contribution in [0.5, 0.6) is 0 Å². The van der Waals surface area contributed by atoms with Gasteiger partial charge in [0.05, 0.1) is 15.7 Å². The second kappa shape index (κ2) is 7.79. The average molecular weight is 377 g/mol. The molecule has 0 bridgehead atoms. The molecular weight excluding hydrogens is 354 g/mol. The molecule has 1 aliphatic heterocycles. The van der Waals surface area contributed by atoms with E-state index < -0.39 is 11.4 Å². The summed E-state index contributed by atoms with van der Waals surface area (Å²) in [6, 6.07) is 3.21. The van der Waals surface area contributed by atoms with Crippen LogP contribution in [0, 0.1) is 5.82 Å². The van der Waals surface area contributed by atoms with Crippen molar-refractivity contribution in [1.82, 2.24) is 4.90 Å². The first-order valence-electron chi connectivity index (χ1n) is 8.05. The van der Waals surface area contributed by atoms with Crippen LogP contribution < -0.4 is 5.32 Å². The zero-order valence-corrected chi connectivity index (χ0v) is 15.7. The molecule has 0 saturated carbocycles. The van der Waals surface area contributed by atoms with E-state index in [1.54, 1.807) is 17.0 Å². The van der Waals surface area contributed by atoms with Crippen molar-refractivity contribution in [2.24, 2.45) is 0 Å². The molecule has 0 aliphatic carbocycles. The minimum atomic E-state index is -0.544. The zero-order valence-electron chi connectivity index (χ0n) is 14.2. The van der Waals surface area contributed by atoms with Crippen LogP contribution in [-0.2, 0) is 4.74 Å². The lowest BCUT2D eigenvalue weighted by Crippen LogP contribution is -2.37. The van der Waals surface area contributed by atoms with Crippen molar-refractivity contribution in [1.29, 1.82) is 0 Å². The number of anilines is 1. The minimum Gasteiger partial charge on any atom is -0.444 e. The Morgan fingerprint density at radius 2 is 2.00 bits per heavy atom. The number of halogens is 3. The second-order valence-corrected chi connectivity index (χ2v) is 7.75. The molecular formula is C17H23Cl2FN2O2. The zero-order chi connectivity index (χ0) is 17.9. The maximum atomic E-state index is 14.1. The molecule has 1 aromatic carbocycles. The Hall–Kier alpha value is -1.20. The predicted molar refractivity (Wildman–Crippen MR) is 95.5 cm³/mol. The van der Waals surface area contributed by atoms with Gasteiger partial charge in [-0.25, -0.2) is 9.18 Å². The van der Waals surface area contributed by atoms with Crippen LogP contribution in [0.1, 0.15) is 40.0 Å². The van der Waals surface area contributed by atoms with Crippen LogP contribution in [0.2, 0.25) is 10.0 Å². The highest BCUT2D eigenvalue weighted by Gasteiger charge is 2.25. The van der Waals surface area contributed by atoms with Crippen molar-refractivity contribution >= 4 is 35.0 Å². The molecule has 2 rings (SSSR count). The quantitative estimate of drug-likeness (QED) is 0.708. The Kier molecular flexibility index (Phi) is 6.21.